The first-order valence-electron chi connectivity index (χ1n) is 8.54. The van der Waals surface area contributed by atoms with E-state index in [9.17, 15) is 14.9 Å². The molecular formula is C20H18N4O3. The van der Waals surface area contributed by atoms with Gasteiger partial charge in [-0.2, -0.15) is 5.26 Å². The molecule has 1 fully saturated rings. The van der Waals surface area contributed by atoms with Gasteiger partial charge in [0.1, 0.15) is 0 Å². The summed E-state index contributed by atoms with van der Waals surface area (Å²) in [7, 11) is 0. The number of nitrogens with zero attached hydrogens (tertiary/aromatic N) is 4. The molecule has 1 amide bonds. The van der Waals surface area contributed by atoms with Gasteiger partial charge in [-0.25, -0.2) is 0 Å². The Labute approximate surface area is 156 Å². The average molecular weight is 362 g/mol. The predicted octanol–water partition coefficient (Wildman–Crippen LogP) is 2.92. The molecule has 0 radical (unpaired) electrons. The van der Waals surface area contributed by atoms with Gasteiger partial charge in [0.05, 0.1) is 16.7 Å². The predicted molar refractivity (Wildman–Crippen MR) is 101 cm³/mol. The lowest BCUT2D eigenvalue weighted by Crippen LogP contribution is -2.47. The number of nitro groups is 1. The van der Waals surface area contributed by atoms with Crippen molar-refractivity contribution < 1.29 is 9.72 Å². The molecule has 0 N–H and O–H groups in total. The van der Waals surface area contributed by atoms with Crippen molar-refractivity contribution in [1.29, 1.82) is 5.26 Å². The Morgan fingerprint density at radius 2 is 1.63 bits per heavy atom. The maximum atomic E-state index is 12.6. The molecule has 1 aliphatic heterocycles. The summed E-state index contributed by atoms with van der Waals surface area (Å²) in [6.07, 6.45) is 1.40. The Balaban J connectivity index is 1.74. The normalized spacial score (nSPS) is 14.6. The Morgan fingerprint density at radius 1 is 1.00 bits per heavy atom. The molecule has 0 aliphatic carbocycles. The molecule has 1 heterocycles. The van der Waals surface area contributed by atoms with Gasteiger partial charge < -0.3 is 9.80 Å². The summed E-state index contributed by atoms with van der Waals surface area (Å²) in [6.45, 7) is 2.14. The number of carbonyl (C=O) groups is 1. The molecule has 1 aliphatic rings. The molecule has 2 aromatic rings. The fraction of sp³-hybridized carbons (Fsp3) is 0.200. The molecule has 0 unspecified atom stereocenters. The van der Waals surface area contributed by atoms with E-state index < -0.39 is 4.92 Å². The van der Waals surface area contributed by atoms with Crippen molar-refractivity contribution in [3.63, 3.8) is 0 Å². The molecule has 27 heavy (non-hydrogen) atoms. The second-order valence-electron chi connectivity index (χ2n) is 6.11. The lowest BCUT2D eigenvalue weighted by atomic mass is 10.1. The van der Waals surface area contributed by atoms with E-state index >= 15 is 0 Å². The van der Waals surface area contributed by atoms with Crippen LogP contribution in [0.3, 0.4) is 0 Å². The fourth-order valence-corrected chi connectivity index (χ4v) is 3.11. The summed E-state index contributed by atoms with van der Waals surface area (Å²) < 4.78 is 0. The van der Waals surface area contributed by atoms with Gasteiger partial charge in [-0.1, -0.05) is 30.3 Å². The van der Waals surface area contributed by atoms with Crippen molar-refractivity contribution in [3.8, 4) is 6.07 Å². The molecule has 0 bridgehead atoms. The van der Waals surface area contributed by atoms with Gasteiger partial charge in [-0.15, -0.1) is 0 Å². The van der Waals surface area contributed by atoms with Crippen LogP contribution in [-0.2, 0) is 0 Å². The summed E-state index contributed by atoms with van der Waals surface area (Å²) in [4.78, 5) is 26.9. The molecule has 0 aromatic heterocycles. The highest BCUT2D eigenvalue weighted by atomic mass is 16.6. The highest BCUT2D eigenvalue weighted by molar-refractivity contribution is 5.94. The third-order valence-corrected chi connectivity index (χ3v) is 4.48. The first kappa shape index (κ1) is 18.1. The van der Waals surface area contributed by atoms with Crippen LogP contribution in [-0.4, -0.2) is 46.8 Å². The van der Waals surface area contributed by atoms with Gasteiger partial charge in [0, 0.05) is 55.5 Å². The zero-order valence-corrected chi connectivity index (χ0v) is 14.6. The average Bonchev–Trinajstić information content (AvgIpc) is 2.72. The van der Waals surface area contributed by atoms with Crippen LogP contribution in [0.1, 0.15) is 15.9 Å². The monoisotopic (exact) mass is 362 g/mol. The minimum absolute atomic E-state index is 0.0172. The van der Waals surface area contributed by atoms with Crippen LogP contribution >= 0.6 is 0 Å². The number of hydrogen-bond donors (Lipinski definition) is 0. The summed E-state index contributed by atoms with van der Waals surface area (Å²) in [5.41, 5.74) is 1.88. The van der Waals surface area contributed by atoms with E-state index in [1.807, 2.05) is 29.2 Å². The van der Waals surface area contributed by atoms with Gasteiger partial charge in [0.25, 0.3) is 11.6 Å². The Morgan fingerprint density at radius 3 is 2.26 bits per heavy atom. The van der Waals surface area contributed by atoms with Crippen molar-refractivity contribution in [2.24, 2.45) is 0 Å². The number of piperazine rings is 1. The van der Waals surface area contributed by atoms with Gasteiger partial charge in [-0.05, 0) is 12.1 Å². The molecule has 7 nitrogen and oxygen atoms in total. The van der Waals surface area contributed by atoms with Crippen LogP contribution in [0.2, 0.25) is 0 Å². The van der Waals surface area contributed by atoms with Gasteiger partial charge in [0.15, 0.2) is 0 Å². The van der Waals surface area contributed by atoms with Crippen molar-refractivity contribution >= 4 is 17.3 Å². The van der Waals surface area contributed by atoms with Crippen LogP contribution in [0.5, 0.6) is 0 Å². The maximum Gasteiger partial charge on any atom is 0.270 e. The third kappa shape index (κ3) is 4.12. The molecule has 7 heteroatoms. The van der Waals surface area contributed by atoms with E-state index in [1.54, 1.807) is 29.2 Å². The molecule has 0 saturated carbocycles. The minimum atomic E-state index is -0.454. The number of nitro benzene ring substituents is 1. The largest absolute Gasteiger partial charge is 0.367 e. The number of amides is 1. The van der Waals surface area contributed by atoms with Crippen LogP contribution in [0.4, 0.5) is 5.69 Å². The van der Waals surface area contributed by atoms with E-state index in [-0.39, 0.29) is 11.6 Å². The second kappa shape index (κ2) is 8.15. The highest BCUT2D eigenvalue weighted by Crippen LogP contribution is 2.24. The first-order valence-corrected chi connectivity index (χ1v) is 8.54. The number of hydrogen-bond acceptors (Lipinski definition) is 5. The van der Waals surface area contributed by atoms with Crippen LogP contribution < -0.4 is 0 Å². The van der Waals surface area contributed by atoms with E-state index in [1.165, 1.54) is 18.2 Å². The van der Waals surface area contributed by atoms with Crippen LogP contribution in [0, 0.1) is 21.4 Å². The van der Waals surface area contributed by atoms with Crippen molar-refractivity contribution in [2.45, 2.75) is 0 Å². The molecule has 3 rings (SSSR count). The van der Waals surface area contributed by atoms with Gasteiger partial charge in [-0.3, -0.25) is 14.9 Å². The second-order valence-corrected chi connectivity index (χ2v) is 6.11. The quantitative estimate of drug-likeness (QED) is 0.474. The van der Waals surface area contributed by atoms with Crippen molar-refractivity contribution in [2.75, 3.05) is 26.2 Å². The summed E-state index contributed by atoms with van der Waals surface area (Å²) in [5.74, 6) is -0.0172. The molecule has 1 saturated heterocycles. The van der Waals surface area contributed by atoms with Gasteiger partial charge >= 0.3 is 0 Å². The van der Waals surface area contributed by atoms with E-state index in [0.717, 1.165) is 0 Å². The summed E-state index contributed by atoms with van der Waals surface area (Å²) in [5, 5.41) is 20.2. The van der Waals surface area contributed by atoms with Gasteiger partial charge in [0.2, 0.25) is 0 Å². The zero-order valence-electron chi connectivity index (χ0n) is 14.6. The lowest BCUT2D eigenvalue weighted by molar-refractivity contribution is -0.384. The van der Waals surface area contributed by atoms with E-state index in [2.05, 4.69) is 0 Å². The summed E-state index contributed by atoms with van der Waals surface area (Å²) >= 11 is 0. The molecule has 136 valence electrons. The Bertz CT molecular complexity index is 910. The summed E-state index contributed by atoms with van der Waals surface area (Å²) in [6, 6.07) is 17.4. The maximum absolute atomic E-state index is 12.6. The SMILES string of the molecule is N#C/C=C(\c1cccc([N+](=O)[O-])c1)N1CCN(C(=O)c2ccccc2)CC1. The molecule has 0 spiro atoms. The van der Waals surface area contributed by atoms with Crippen LogP contribution in [0.15, 0.2) is 60.7 Å². The highest BCUT2D eigenvalue weighted by Gasteiger charge is 2.24. The third-order valence-electron chi connectivity index (χ3n) is 4.48. The number of nitriles is 1. The Hall–Kier alpha value is -3.66. The van der Waals surface area contributed by atoms with Crippen LogP contribution in [0.25, 0.3) is 5.70 Å². The topological polar surface area (TPSA) is 90.5 Å². The van der Waals surface area contributed by atoms with E-state index in [0.29, 0.717) is 43.0 Å². The number of allylic oxidation sites excluding steroid dienone is 1. The number of non-ortho nitro benzene ring substituents is 1. The van der Waals surface area contributed by atoms with Crippen molar-refractivity contribution in [3.05, 3.63) is 81.9 Å². The number of benzene rings is 2. The molecular weight excluding hydrogens is 344 g/mol. The smallest absolute Gasteiger partial charge is 0.270 e. The number of carbonyl (C=O) groups excluding carboxylic acids is 1. The standard InChI is InChI=1S/C20H18N4O3/c21-10-9-19(17-7-4-8-18(15-17)24(26)27)22-11-13-23(14-12-22)20(25)16-5-2-1-3-6-16/h1-9,15H,11-14H2/b19-9+. The van der Waals surface area contributed by atoms with E-state index in [4.69, 9.17) is 5.26 Å². The Kier molecular flexibility index (Phi) is 5.47. The minimum Gasteiger partial charge on any atom is -0.367 e. The molecule has 0 atom stereocenters. The molecule has 2 aromatic carbocycles. The first-order chi connectivity index (χ1) is 13.1. The van der Waals surface area contributed by atoms with Crippen molar-refractivity contribution in [1.82, 2.24) is 9.80 Å². The fourth-order valence-electron chi connectivity index (χ4n) is 3.11. The lowest BCUT2D eigenvalue weighted by Gasteiger charge is -2.37. The zero-order chi connectivity index (χ0) is 19.2. The number of rotatable bonds is 4.